The van der Waals surface area contributed by atoms with Gasteiger partial charge in [0.1, 0.15) is 0 Å². The van der Waals surface area contributed by atoms with Crippen molar-refractivity contribution < 1.29 is 4.79 Å². The zero-order chi connectivity index (χ0) is 15.7. The first-order valence-electron chi connectivity index (χ1n) is 8.05. The van der Waals surface area contributed by atoms with Gasteiger partial charge in [0.2, 0.25) is 5.91 Å². The first-order chi connectivity index (χ1) is 10.2. The standard InChI is InChI=1S/C15H23N2OP.C2H6/c1-2-17(13-7-9-16-10-8-13)15(18)11-12-3-5-14(19)6-4-12;1-2/h3-6,13,16H,2,7-11,19H2,1H3;1-2H3. The SMILES string of the molecule is CC.CCN(C(=O)Cc1ccc(P)cc1)C1CCNCC1. The van der Waals surface area contributed by atoms with Crippen LogP contribution >= 0.6 is 9.24 Å². The Kier molecular flexibility index (Phi) is 8.56. The van der Waals surface area contributed by atoms with Crippen LogP contribution in [-0.4, -0.2) is 36.5 Å². The molecule has 0 saturated carbocycles. The monoisotopic (exact) mass is 308 g/mol. The molecule has 1 atom stereocenters. The molecule has 1 aromatic carbocycles. The summed E-state index contributed by atoms with van der Waals surface area (Å²) < 4.78 is 0. The Morgan fingerprint density at radius 2 is 1.81 bits per heavy atom. The van der Waals surface area contributed by atoms with Gasteiger partial charge in [0, 0.05) is 12.6 Å². The average molecular weight is 308 g/mol. The molecule has 0 spiro atoms. The van der Waals surface area contributed by atoms with Crippen molar-refractivity contribution in [3.63, 3.8) is 0 Å². The van der Waals surface area contributed by atoms with Crippen LogP contribution in [0.2, 0.25) is 0 Å². The fraction of sp³-hybridized carbons (Fsp3) is 0.588. The number of carbonyl (C=O) groups is 1. The Morgan fingerprint density at radius 3 is 2.33 bits per heavy atom. The number of nitrogens with zero attached hydrogens (tertiary/aromatic N) is 1. The second kappa shape index (κ2) is 9.92. The van der Waals surface area contributed by atoms with Gasteiger partial charge >= 0.3 is 0 Å². The summed E-state index contributed by atoms with van der Waals surface area (Å²) >= 11 is 0. The lowest BCUT2D eigenvalue weighted by Crippen LogP contribution is -2.46. The molecule has 118 valence electrons. The zero-order valence-electron chi connectivity index (χ0n) is 13.6. The summed E-state index contributed by atoms with van der Waals surface area (Å²) in [7, 11) is 2.67. The van der Waals surface area contributed by atoms with Crippen LogP contribution in [0.1, 0.15) is 39.2 Å². The predicted octanol–water partition coefficient (Wildman–Crippen LogP) is 2.36. The smallest absolute Gasteiger partial charge is 0.227 e. The molecule has 1 heterocycles. The van der Waals surface area contributed by atoms with Crippen LogP contribution in [0.25, 0.3) is 0 Å². The molecule has 0 aromatic heterocycles. The van der Waals surface area contributed by atoms with Crippen LogP contribution < -0.4 is 10.6 Å². The molecule has 0 radical (unpaired) electrons. The molecule has 21 heavy (non-hydrogen) atoms. The molecule has 3 nitrogen and oxygen atoms in total. The number of benzene rings is 1. The molecule has 1 aliphatic heterocycles. The number of nitrogens with one attached hydrogen (secondary N) is 1. The Labute approximate surface area is 131 Å². The maximum atomic E-state index is 12.4. The van der Waals surface area contributed by atoms with E-state index in [-0.39, 0.29) is 5.91 Å². The van der Waals surface area contributed by atoms with Crippen molar-refractivity contribution in [3.8, 4) is 0 Å². The van der Waals surface area contributed by atoms with Crippen molar-refractivity contribution in [2.24, 2.45) is 0 Å². The van der Waals surface area contributed by atoms with Crippen molar-refractivity contribution in [2.45, 2.75) is 46.1 Å². The van der Waals surface area contributed by atoms with E-state index in [9.17, 15) is 4.79 Å². The Hall–Kier alpha value is -0.920. The van der Waals surface area contributed by atoms with Gasteiger partial charge < -0.3 is 10.2 Å². The van der Waals surface area contributed by atoms with Gasteiger partial charge in [-0.05, 0) is 43.7 Å². The van der Waals surface area contributed by atoms with Crippen LogP contribution in [0.4, 0.5) is 0 Å². The minimum Gasteiger partial charge on any atom is -0.340 e. The highest BCUT2D eigenvalue weighted by atomic mass is 31.0. The first-order valence-corrected chi connectivity index (χ1v) is 8.63. The molecule has 1 saturated heterocycles. The molecule has 4 heteroatoms. The van der Waals surface area contributed by atoms with E-state index < -0.39 is 0 Å². The number of amides is 1. The second-order valence-electron chi connectivity index (χ2n) is 5.08. The van der Waals surface area contributed by atoms with Gasteiger partial charge in [-0.1, -0.05) is 38.1 Å². The summed E-state index contributed by atoms with van der Waals surface area (Å²) in [6, 6.07) is 8.56. The minimum atomic E-state index is 0.255. The first kappa shape index (κ1) is 18.1. The van der Waals surface area contributed by atoms with Crippen LogP contribution in [0, 0.1) is 0 Å². The fourth-order valence-electron chi connectivity index (χ4n) is 2.67. The third-order valence-electron chi connectivity index (χ3n) is 3.75. The lowest BCUT2D eigenvalue weighted by atomic mass is 10.0. The van der Waals surface area contributed by atoms with Gasteiger partial charge in [0.15, 0.2) is 0 Å². The Bertz CT molecular complexity index is 413. The number of carbonyl (C=O) groups excluding carboxylic acids is 1. The van der Waals surface area contributed by atoms with Crippen LogP contribution in [0.15, 0.2) is 24.3 Å². The lowest BCUT2D eigenvalue weighted by molar-refractivity contribution is -0.133. The second-order valence-corrected chi connectivity index (χ2v) is 5.75. The molecule has 2 rings (SSSR count). The molecule has 1 aliphatic rings. The predicted molar refractivity (Wildman–Crippen MR) is 94.1 cm³/mol. The highest BCUT2D eigenvalue weighted by Crippen LogP contribution is 2.13. The van der Waals surface area contributed by atoms with Gasteiger partial charge in [0.05, 0.1) is 6.42 Å². The van der Waals surface area contributed by atoms with Crippen molar-refractivity contribution in [3.05, 3.63) is 29.8 Å². The van der Waals surface area contributed by atoms with E-state index in [4.69, 9.17) is 0 Å². The third-order valence-corrected chi connectivity index (χ3v) is 4.13. The average Bonchev–Trinajstić information content (AvgIpc) is 2.53. The third kappa shape index (κ3) is 5.76. The van der Waals surface area contributed by atoms with E-state index in [1.807, 2.05) is 38.1 Å². The summed E-state index contributed by atoms with van der Waals surface area (Å²) in [5.74, 6) is 0.255. The van der Waals surface area contributed by atoms with Crippen molar-refractivity contribution >= 4 is 20.5 Å². The van der Waals surface area contributed by atoms with Gasteiger partial charge in [-0.3, -0.25) is 4.79 Å². The normalized spacial score (nSPS) is 15.0. The number of rotatable bonds is 4. The Morgan fingerprint density at radius 1 is 1.24 bits per heavy atom. The maximum absolute atomic E-state index is 12.4. The molecular formula is C17H29N2OP. The number of likely N-dealkylation sites (N-methyl/N-ethyl adjacent to an activating group) is 1. The van der Waals surface area contributed by atoms with Crippen molar-refractivity contribution in [1.29, 1.82) is 0 Å². The van der Waals surface area contributed by atoms with E-state index in [0.29, 0.717) is 12.5 Å². The lowest BCUT2D eigenvalue weighted by Gasteiger charge is -2.34. The molecule has 1 fully saturated rings. The molecule has 0 bridgehead atoms. The maximum Gasteiger partial charge on any atom is 0.227 e. The van der Waals surface area contributed by atoms with E-state index in [1.165, 1.54) is 0 Å². The van der Waals surface area contributed by atoms with Gasteiger partial charge in [0.25, 0.3) is 0 Å². The molecular weight excluding hydrogens is 279 g/mol. The van der Waals surface area contributed by atoms with Gasteiger partial charge in [-0.25, -0.2) is 0 Å². The highest BCUT2D eigenvalue weighted by Gasteiger charge is 2.23. The minimum absolute atomic E-state index is 0.255. The van der Waals surface area contributed by atoms with Crippen molar-refractivity contribution in [1.82, 2.24) is 10.2 Å². The Balaban J connectivity index is 0.00000106. The summed E-state index contributed by atoms with van der Waals surface area (Å²) in [5, 5.41) is 4.50. The zero-order valence-corrected chi connectivity index (χ0v) is 14.7. The number of hydrogen-bond acceptors (Lipinski definition) is 2. The van der Waals surface area contributed by atoms with E-state index in [0.717, 1.165) is 43.3 Å². The summed E-state index contributed by atoms with van der Waals surface area (Å²) in [6.07, 6.45) is 2.66. The molecule has 1 amide bonds. The van der Waals surface area contributed by atoms with Gasteiger partial charge in [-0.2, -0.15) is 0 Å². The van der Waals surface area contributed by atoms with E-state index in [2.05, 4.69) is 26.4 Å². The number of hydrogen-bond donors (Lipinski definition) is 1. The summed E-state index contributed by atoms with van der Waals surface area (Å²) in [6.45, 7) is 8.93. The molecule has 1 aromatic rings. The molecule has 1 N–H and O–H groups in total. The summed E-state index contributed by atoms with van der Waals surface area (Å²) in [5.41, 5.74) is 1.10. The van der Waals surface area contributed by atoms with Gasteiger partial charge in [-0.15, -0.1) is 9.24 Å². The van der Waals surface area contributed by atoms with Crippen LogP contribution in [0.3, 0.4) is 0 Å². The quantitative estimate of drug-likeness (QED) is 0.866. The highest BCUT2D eigenvalue weighted by molar-refractivity contribution is 7.27. The van der Waals surface area contributed by atoms with E-state index >= 15 is 0 Å². The molecule has 0 aliphatic carbocycles. The largest absolute Gasteiger partial charge is 0.340 e. The molecule has 1 unspecified atom stereocenters. The topological polar surface area (TPSA) is 32.3 Å². The van der Waals surface area contributed by atoms with E-state index in [1.54, 1.807) is 0 Å². The number of piperidine rings is 1. The van der Waals surface area contributed by atoms with Crippen molar-refractivity contribution in [2.75, 3.05) is 19.6 Å². The summed E-state index contributed by atoms with van der Waals surface area (Å²) in [4.78, 5) is 14.5. The van der Waals surface area contributed by atoms with Crippen LogP contribution in [0.5, 0.6) is 0 Å². The van der Waals surface area contributed by atoms with Crippen LogP contribution in [-0.2, 0) is 11.2 Å². The fourth-order valence-corrected chi connectivity index (χ4v) is 2.86.